The van der Waals surface area contributed by atoms with Crippen LogP contribution in [0.3, 0.4) is 0 Å². The molecule has 10 heteroatoms. The number of carbonyl (C=O) groups is 1. The fourth-order valence-electron chi connectivity index (χ4n) is 2.50. The molecule has 0 aliphatic carbocycles. The number of aryl methyl sites for hydroxylation is 1. The van der Waals surface area contributed by atoms with E-state index in [0.717, 1.165) is 5.69 Å². The van der Waals surface area contributed by atoms with Crippen LogP contribution in [0, 0.1) is 6.92 Å². The maximum atomic E-state index is 12.3. The highest BCUT2D eigenvalue weighted by Gasteiger charge is 2.34. The number of nitrogens with zero attached hydrogens (tertiary/aromatic N) is 8. The normalized spacial score (nSPS) is 14.9. The lowest BCUT2D eigenvalue weighted by atomic mass is 10.1. The molecule has 10 nitrogen and oxygen atoms in total. The average molecular weight is 314 g/mol. The van der Waals surface area contributed by atoms with Crippen LogP contribution in [-0.4, -0.2) is 59.0 Å². The van der Waals surface area contributed by atoms with Gasteiger partial charge in [-0.3, -0.25) is 4.79 Å². The molecular formula is C13H14N8O2. The summed E-state index contributed by atoms with van der Waals surface area (Å²) in [5.41, 5.74) is 1.29. The van der Waals surface area contributed by atoms with Gasteiger partial charge in [-0.2, -0.15) is 15.0 Å². The Hall–Kier alpha value is -3.04. The summed E-state index contributed by atoms with van der Waals surface area (Å²) in [5, 5.41) is 19.9. The van der Waals surface area contributed by atoms with E-state index in [4.69, 9.17) is 4.52 Å². The molecule has 23 heavy (non-hydrogen) atoms. The van der Waals surface area contributed by atoms with Crippen LogP contribution in [0.2, 0.25) is 0 Å². The molecule has 1 amide bonds. The van der Waals surface area contributed by atoms with Gasteiger partial charge in [0.2, 0.25) is 0 Å². The van der Waals surface area contributed by atoms with Gasteiger partial charge in [-0.05, 0) is 6.92 Å². The first-order valence-corrected chi connectivity index (χ1v) is 7.16. The summed E-state index contributed by atoms with van der Waals surface area (Å²) in [6.45, 7) is 3.38. The summed E-state index contributed by atoms with van der Waals surface area (Å²) < 4.78 is 6.71. The fourth-order valence-corrected chi connectivity index (χ4v) is 2.50. The van der Waals surface area contributed by atoms with Crippen LogP contribution in [-0.2, 0) is 6.54 Å². The Balaban J connectivity index is 1.38. The van der Waals surface area contributed by atoms with Crippen molar-refractivity contribution in [1.29, 1.82) is 0 Å². The van der Waals surface area contributed by atoms with E-state index < -0.39 is 0 Å². The zero-order chi connectivity index (χ0) is 15.8. The highest BCUT2D eigenvalue weighted by molar-refractivity contribution is 5.95. The van der Waals surface area contributed by atoms with Crippen molar-refractivity contribution in [3.63, 3.8) is 0 Å². The Bertz CT molecular complexity index is 815. The second-order valence-electron chi connectivity index (χ2n) is 5.41. The van der Waals surface area contributed by atoms with Crippen LogP contribution in [0.1, 0.15) is 27.9 Å². The van der Waals surface area contributed by atoms with Gasteiger partial charge in [0.05, 0.1) is 30.8 Å². The van der Waals surface area contributed by atoms with E-state index in [1.165, 1.54) is 6.20 Å². The van der Waals surface area contributed by atoms with Crippen LogP contribution in [0.15, 0.2) is 29.3 Å². The molecular weight excluding hydrogens is 300 g/mol. The summed E-state index contributed by atoms with van der Waals surface area (Å²) in [6.07, 6.45) is 6.55. The predicted molar refractivity (Wildman–Crippen MR) is 75.3 cm³/mol. The molecule has 0 radical (unpaired) electrons. The molecule has 0 N–H and O–H groups in total. The third-order valence-electron chi connectivity index (χ3n) is 3.83. The Kier molecular flexibility index (Phi) is 3.14. The second kappa shape index (κ2) is 5.30. The molecule has 3 aromatic heterocycles. The fraction of sp³-hybridized carbons (Fsp3) is 0.385. The van der Waals surface area contributed by atoms with E-state index in [1.54, 1.807) is 33.7 Å². The Labute approximate surface area is 130 Å². The lowest BCUT2D eigenvalue weighted by molar-refractivity contribution is 0.0496. The predicted octanol–water partition coefficient (Wildman–Crippen LogP) is -0.0886. The molecule has 0 saturated carbocycles. The van der Waals surface area contributed by atoms with Crippen LogP contribution in [0.25, 0.3) is 0 Å². The molecule has 4 heterocycles. The minimum absolute atomic E-state index is 0.0684. The SMILES string of the molecule is Cc1oncc1C(=O)N1CC(n2cc(Cn3nccn3)nn2)C1. The maximum absolute atomic E-state index is 12.3. The number of rotatable bonds is 4. The van der Waals surface area contributed by atoms with Crippen molar-refractivity contribution in [2.24, 2.45) is 0 Å². The van der Waals surface area contributed by atoms with Crippen LogP contribution < -0.4 is 0 Å². The van der Waals surface area contributed by atoms with Gasteiger partial charge in [-0.25, -0.2) is 4.68 Å². The Morgan fingerprint density at radius 1 is 1.35 bits per heavy atom. The number of hydrogen-bond acceptors (Lipinski definition) is 7. The molecule has 0 spiro atoms. The quantitative estimate of drug-likeness (QED) is 0.662. The van der Waals surface area contributed by atoms with E-state index in [1.807, 2.05) is 6.20 Å². The van der Waals surface area contributed by atoms with E-state index >= 15 is 0 Å². The Morgan fingerprint density at radius 2 is 2.13 bits per heavy atom. The number of likely N-dealkylation sites (tertiary alicyclic amines) is 1. The number of carbonyl (C=O) groups excluding carboxylic acids is 1. The minimum atomic E-state index is -0.0684. The average Bonchev–Trinajstić information content (AvgIpc) is 3.20. The third kappa shape index (κ3) is 2.47. The molecule has 1 saturated heterocycles. The molecule has 0 unspecified atom stereocenters. The summed E-state index contributed by atoms with van der Waals surface area (Å²) in [6, 6.07) is 0.131. The van der Waals surface area contributed by atoms with Gasteiger partial charge < -0.3 is 9.42 Å². The number of amides is 1. The van der Waals surface area contributed by atoms with E-state index in [-0.39, 0.29) is 11.9 Å². The van der Waals surface area contributed by atoms with Gasteiger partial charge in [0.25, 0.3) is 5.91 Å². The minimum Gasteiger partial charge on any atom is -0.361 e. The molecule has 0 bridgehead atoms. The largest absolute Gasteiger partial charge is 0.361 e. The van der Waals surface area contributed by atoms with Crippen molar-refractivity contribution in [1.82, 2.24) is 40.0 Å². The first kappa shape index (κ1) is 13.6. The van der Waals surface area contributed by atoms with Gasteiger partial charge in [-0.1, -0.05) is 10.4 Å². The van der Waals surface area contributed by atoms with E-state index in [0.29, 0.717) is 31.0 Å². The molecule has 1 fully saturated rings. The van der Waals surface area contributed by atoms with Gasteiger partial charge >= 0.3 is 0 Å². The molecule has 0 atom stereocenters. The van der Waals surface area contributed by atoms with Crippen molar-refractivity contribution in [3.8, 4) is 0 Å². The molecule has 1 aliphatic heterocycles. The van der Waals surface area contributed by atoms with Crippen molar-refractivity contribution >= 4 is 5.91 Å². The lowest BCUT2D eigenvalue weighted by Gasteiger charge is -2.38. The summed E-state index contributed by atoms with van der Waals surface area (Å²) in [5.74, 6) is 0.467. The van der Waals surface area contributed by atoms with Crippen LogP contribution >= 0.6 is 0 Å². The van der Waals surface area contributed by atoms with Crippen molar-refractivity contribution in [2.45, 2.75) is 19.5 Å². The molecule has 1 aliphatic rings. The van der Waals surface area contributed by atoms with Gasteiger partial charge in [0, 0.05) is 13.1 Å². The standard InChI is InChI=1S/C13H14N8O2/c1-9-12(4-16-23-9)13(22)19-7-11(8-19)20-5-10(17-18-20)6-21-14-2-3-15-21/h2-5,11H,6-8H2,1H3. The zero-order valence-corrected chi connectivity index (χ0v) is 12.4. The summed E-state index contributed by atoms with van der Waals surface area (Å²) in [4.78, 5) is 15.5. The Morgan fingerprint density at radius 3 is 2.83 bits per heavy atom. The summed E-state index contributed by atoms with van der Waals surface area (Å²) in [7, 11) is 0. The summed E-state index contributed by atoms with van der Waals surface area (Å²) >= 11 is 0. The van der Waals surface area contributed by atoms with Crippen molar-refractivity contribution in [2.75, 3.05) is 13.1 Å². The maximum Gasteiger partial charge on any atom is 0.259 e. The van der Waals surface area contributed by atoms with Crippen LogP contribution in [0.5, 0.6) is 0 Å². The first-order valence-electron chi connectivity index (χ1n) is 7.16. The zero-order valence-electron chi connectivity index (χ0n) is 12.4. The van der Waals surface area contributed by atoms with Crippen molar-refractivity contribution in [3.05, 3.63) is 41.8 Å². The topological polar surface area (TPSA) is 108 Å². The second-order valence-corrected chi connectivity index (χ2v) is 5.41. The van der Waals surface area contributed by atoms with Gasteiger partial charge in [0.1, 0.15) is 23.6 Å². The monoisotopic (exact) mass is 314 g/mol. The molecule has 3 aromatic rings. The number of aromatic nitrogens is 7. The van der Waals surface area contributed by atoms with E-state index in [9.17, 15) is 4.79 Å². The van der Waals surface area contributed by atoms with Crippen molar-refractivity contribution < 1.29 is 9.32 Å². The molecule has 118 valence electrons. The van der Waals surface area contributed by atoms with Gasteiger partial charge in [0.15, 0.2) is 0 Å². The molecule has 0 aromatic carbocycles. The first-order chi connectivity index (χ1) is 11.2. The van der Waals surface area contributed by atoms with E-state index in [2.05, 4.69) is 25.7 Å². The van der Waals surface area contributed by atoms with Gasteiger partial charge in [-0.15, -0.1) is 5.10 Å². The van der Waals surface area contributed by atoms with Crippen LogP contribution in [0.4, 0.5) is 0 Å². The molecule has 4 rings (SSSR count). The third-order valence-corrected chi connectivity index (χ3v) is 3.83. The lowest BCUT2D eigenvalue weighted by Crippen LogP contribution is -2.51. The highest BCUT2D eigenvalue weighted by Crippen LogP contribution is 2.23. The smallest absolute Gasteiger partial charge is 0.259 e. The highest BCUT2D eigenvalue weighted by atomic mass is 16.5. The number of hydrogen-bond donors (Lipinski definition) is 0.